The largest absolute Gasteiger partial charge is 0.756 e. The lowest BCUT2D eigenvalue weighted by atomic mass is 10.0. The normalized spacial score (nSPS) is 15.0. The maximum atomic E-state index is 12.7. The number of phosphoric acid groups is 1. The molecule has 0 saturated heterocycles. The van der Waals surface area contributed by atoms with E-state index < -0.39 is 26.6 Å². The minimum Gasteiger partial charge on any atom is -0.756 e. The Labute approximate surface area is 290 Å². The van der Waals surface area contributed by atoms with Crippen LogP contribution >= 0.6 is 7.82 Å². The minimum atomic E-state index is -4.58. The Kier molecular flexibility index (Phi) is 30.3. The number of allylic oxidation sites excluding steroid dienone is 3. The molecule has 3 unspecified atom stereocenters. The second kappa shape index (κ2) is 31.0. The summed E-state index contributed by atoms with van der Waals surface area (Å²) in [7, 11) is 1.24. The minimum absolute atomic E-state index is 0.00529. The summed E-state index contributed by atoms with van der Waals surface area (Å²) in [5.41, 5.74) is 0. The number of hydrogen-bond acceptors (Lipinski definition) is 6. The number of nitrogens with zero attached hydrogens (tertiary/aromatic N) is 1. The van der Waals surface area contributed by atoms with Crippen LogP contribution in [0.5, 0.6) is 0 Å². The van der Waals surface area contributed by atoms with E-state index in [0.717, 1.165) is 44.9 Å². The molecule has 0 aromatic rings. The van der Waals surface area contributed by atoms with Gasteiger partial charge in [-0.3, -0.25) is 9.36 Å². The van der Waals surface area contributed by atoms with Crippen molar-refractivity contribution in [2.45, 2.75) is 174 Å². The van der Waals surface area contributed by atoms with Gasteiger partial charge in [-0.25, -0.2) is 0 Å². The molecule has 0 spiro atoms. The molecule has 278 valence electrons. The highest BCUT2D eigenvalue weighted by Crippen LogP contribution is 2.38. The Bertz CT molecular complexity index is 829. The van der Waals surface area contributed by atoms with Crippen LogP contribution in [0.3, 0.4) is 0 Å². The Balaban J connectivity index is 4.30. The molecule has 0 saturated carbocycles. The van der Waals surface area contributed by atoms with Gasteiger partial charge in [0.1, 0.15) is 13.2 Å². The number of likely N-dealkylation sites (N-methyl/N-ethyl adjacent to an activating group) is 1. The van der Waals surface area contributed by atoms with E-state index in [9.17, 15) is 19.4 Å². The fourth-order valence-electron chi connectivity index (χ4n) is 5.29. The molecule has 9 heteroatoms. The fourth-order valence-corrected chi connectivity index (χ4v) is 6.01. The van der Waals surface area contributed by atoms with Crippen molar-refractivity contribution in [1.29, 1.82) is 0 Å². The lowest BCUT2D eigenvalue weighted by molar-refractivity contribution is -0.870. The number of rotatable bonds is 34. The molecule has 0 rings (SSSR count). The number of nitrogens with one attached hydrogen (secondary N) is 1. The van der Waals surface area contributed by atoms with E-state index in [2.05, 4.69) is 31.3 Å². The van der Waals surface area contributed by atoms with E-state index in [1.165, 1.54) is 96.3 Å². The van der Waals surface area contributed by atoms with Gasteiger partial charge >= 0.3 is 0 Å². The quantitative estimate of drug-likeness (QED) is 0.0303. The van der Waals surface area contributed by atoms with Crippen molar-refractivity contribution >= 4 is 13.7 Å². The van der Waals surface area contributed by atoms with Gasteiger partial charge in [0.25, 0.3) is 7.82 Å². The van der Waals surface area contributed by atoms with Crippen molar-refractivity contribution in [3.63, 3.8) is 0 Å². The number of quaternary nitrogens is 1. The molecule has 0 aliphatic carbocycles. The van der Waals surface area contributed by atoms with Crippen LogP contribution in [0, 0.1) is 0 Å². The standard InChI is InChI=1S/C38H75N2O6P/c1-6-8-10-12-14-15-16-17-18-19-20-21-22-23-24-26-28-30-32-38(42)39-36(37(41)31-29-27-25-13-11-9-7-2)35-46-47(43,44)45-34-33-40(3,4)5/h11,13,29,31,36-37,41H,6-10,12,14-28,30,32-35H2,1-5H3,(H-,39,42,43,44)/b13-11+,31-29+. The highest BCUT2D eigenvalue weighted by molar-refractivity contribution is 7.45. The Morgan fingerprint density at radius 2 is 1.19 bits per heavy atom. The third kappa shape index (κ3) is 33.3. The monoisotopic (exact) mass is 687 g/mol. The molecule has 0 aromatic heterocycles. The molecule has 1 amide bonds. The SMILES string of the molecule is CCC/C=C/CC/C=C/C(O)C(COP(=O)([O-])OCC[N+](C)(C)C)NC(=O)CCCCCCCCCCCCCCCCCCCC. The summed E-state index contributed by atoms with van der Waals surface area (Å²) in [4.78, 5) is 25.0. The van der Waals surface area contributed by atoms with Gasteiger partial charge < -0.3 is 28.8 Å². The number of aliphatic hydroxyl groups excluding tert-OH is 1. The molecule has 47 heavy (non-hydrogen) atoms. The molecule has 0 aliphatic rings. The topological polar surface area (TPSA) is 108 Å². The molecule has 0 radical (unpaired) electrons. The van der Waals surface area contributed by atoms with Gasteiger partial charge in [-0.05, 0) is 25.7 Å². The predicted octanol–water partition coefficient (Wildman–Crippen LogP) is 9.16. The van der Waals surface area contributed by atoms with Gasteiger partial charge in [0.15, 0.2) is 0 Å². The third-order valence-electron chi connectivity index (χ3n) is 8.40. The highest BCUT2D eigenvalue weighted by atomic mass is 31.2. The number of unbranched alkanes of at least 4 members (excludes halogenated alkanes) is 19. The zero-order valence-corrected chi connectivity index (χ0v) is 32.1. The molecule has 0 aromatic carbocycles. The molecule has 3 atom stereocenters. The van der Waals surface area contributed by atoms with Crippen molar-refractivity contribution in [2.75, 3.05) is 40.9 Å². The Hall–Kier alpha value is -1.02. The van der Waals surface area contributed by atoms with E-state index in [1.807, 2.05) is 27.2 Å². The molecule has 2 N–H and O–H groups in total. The molecule has 8 nitrogen and oxygen atoms in total. The summed E-state index contributed by atoms with van der Waals surface area (Å²) < 4.78 is 23.0. The van der Waals surface area contributed by atoms with Crippen molar-refractivity contribution in [1.82, 2.24) is 5.32 Å². The smallest absolute Gasteiger partial charge is 0.268 e. The maximum absolute atomic E-state index is 12.7. The van der Waals surface area contributed by atoms with Crippen LogP contribution in [-0.4, -0.2) is 68.5 Å². The van der Waals surface area contributed by atoms with E-state index in [-0.39, 0.29) is 12.5 Å². The molecule has 0 fully saturated rings. The van der Waals surface area contributed by atoms with Gasteiger partial charge in [-0.2, -0.15) is 0 Å². The van der Waals surface area contributed by atoms with Crippen LogP contribution < -0.4 is 10.2 Å². The molecular weight excluding hydrogens is 611 g/mol. The van der Waals surface area contributed by atoms with Crippen LogP contribution in [0.2, 0.25) is 0 Å². The number of aliphatic hydroxyl groups is 1. The number of carbonyl (C=O) groups is 1. The van der Waals surface area contributed by atoms with E-state index in [1.54, 1.807) is 6.08 Å². The molecule has 0 heterocycles. The summed E-state index contributed by atoms with van der Waals surface area (Å²) >= 11 is 0. The summed E-state index contributed by atoms with van der Waals surface area (Å²) in [5.74, 6) is -0.211. The molecule has 0 bridgehead atoms. The van der Waals surface area contributed by atoms with Crippen LogP contribution in [0.25, 0.3) is 0 Å². The molecule has 0 aliphatic heterocycles. The van der Waals surface area contributed by atoms with Gasteiger partial charge in [0.2, 0.25) is 5.91 Å². The van der Waals surface area contributed by atoms with Gasteiger partial charge in [0, 0.05) is 6.42 Å². The van der Waals surface area contributed by atoms with Crippen molar-refractivity contribution < 1.29 is 32.9 Å². The zero-order chi connectivity index (χ0) is 35.1. The number of amides is 1. The van der Waals surface area contributed by atoms with E-state index in [4.69, 9.17) is 9.05 Å². The first-order valence-corrected chi connectivity index (χ1v) is 20.7. The van der Waals surface area contributed by atoms with Crippen molar-refractivity contribution in [3.8, 4) is 0 Å². The van der Waals surface area contributed by atoms with Crippen LogP contribution in [0.1, 0.15) is 162 Å². The summed E-state index contributed by atoms with van der Waals surface area (Å²) in [6.07, 6.45) is 33.9. The summed E-state index contributed by atoms with van der Waals surface area (Å²) in [5, 5.41) is 13.6. The van der Waals surface area contributed by atoms with E-state index >= 15 is 0 Å². The highest BCUT2D eigenvalue weighted by Gasteiger charge is 2.23. The first-order chi connectivity index (χ1) is 22.5. The number of phosphoric ester groups is 1. The first-order valence-electron chi connectivity index (χ1n) is 19.2. The number of hydrogen-bond donors (Lipinski definition) is 2. The second-order valence-electron chi connectivity index (χ2n) is 14.3. The van der Waals surface area contributed by atoms with Crippen LogP contribution in [0.15, 0.2) is 24.3 Å². The average molecular weight is 687 g/mol. The van der Waals surface area contributed by atoms with Gasteiger partial charge in [-0.1, -0.05) is 154 Å². The zero-order valence-electron chi connectivity index (χ0n) is 31.2. The van der Waals surface area contributed by atoms with Crippen molar-refractivity contribution in [2.24, 2.45) is 0 Å². The molecular formula is C38H75N2O6P. The van der Waals surface area contributed by atoms with Crippen molar-refractivity contribution in [3.05, 3.63) is 24.3 Å². The Morgan fingerprint density at radius 3 is 1.68 bits per heavy atom. The van der Waals surface area contributed by atoms with E-state index in [0.29, 0.717) is 17.4 Å². The lowest BCUT2D eigenvalue weighted by Gasteiger charge is -2.29. The first kappa shape index (κ1) is 46.0. The second-order valence-corrected chi connectivity index (χ2v) is 15.7. The Morgan fingerprint density at radius 1 is 0.723 bits per heavy atom. The van der Waals surface area contributed by atoms with Crippen LogP contribution in [-0.2, 0) is 18.4 Å². The fraction of sp³-hybridized carbons (Fsp3) is 0.868. The third-order valence-corrected chi connectivity index (χ3v) is 9.36. The maximum Gasteiger partial charge on any atom is 0.268 e. The van der Waals surface area contributed by atoms with Gasteiger partial charge in [-0.15, -0.1) is 0 Å². The summed E-state index contributed by atoms with van der Waals surface area (Å²) in [6.45, 7) is 4.50. The predicted molar refractivity (Wildman–Crippen MR) is 196 cm³/mol. The summed E-state index contributed by atoms with van der Waals surface area (Å²) in [6, 6.07) is -0.894. The van der Waals surface area contributed by atoms with Crippen LogP contribution in [0.4, 0.5) is 0 Å². The number of carbonyl (C=O) groups excluding carboxylic acids is 1. The lowest BCUT2D eigenvalue weighted by Crippen LogP contribution is -2.45. The van der Waals surface area contributed by atoms with Gasteiger partial charge in [0.05, 0.1) is 39.9 Å². The average Bonchev–Trinajstić information content (AvgIpc) is 3.01.